The van der Waals surface area contributed by atoms with Gasteiger partial charge in [-0.05, 0) is 57.1 Å². The molecule has 3 heteroatoms. The normalized spacial score (nSPS) is 15.3. The standard InChI is InChI=1S/C49H30N2O/c1-3-14-33(15-4-1)43-30-44(34-16-5-2-6-17-34)51-48(50-43)35-26-25-32-24-23-31-13-7-10-20-39(31)49(42(32)29-35)40-21-11-8-19-38(40)46-41(49)28-27-37-36-18-9-12-22-45(36)52-47(37)46/h1-30H. The van der Waals surface area contributed by atoms with Crippen molar-refractivity contribution in [3.8, 4) is 45.0 Å². The second-order valence-corrected chi connectivity index (χ2v) is 13.7. The topological polar surface area (TPSA) is 38.9 Å². The van der Waals surface area contributed by atoms with Gasteiger partial charge in [-0.2, -0.15) is 0 Å². The summed E-state index contributed by atoms with van der Waals surface area (Å²) in [7, 11) is 0. The van der Waals surface area contributed by atoms with E-state index in [1.54, 1.807) is 0 Å². The average Bonchev–Trinajstić information content (AvgIpc) is 3.69. The lowest BCUT2D eigenvalue weighted by Crippen LogP contribution is -2.30. The van der Waals surface area contributed by atoms with E-state index in [1.807, 2.05) is 18.2 Å². The van der Waals surface area contributed by atoms with Gasteiger partial charge in [0.2, 0.25) is 0 Å². The van der Waals surface area contributed by atoms with Crippen LogP contribution in [0.3, 0.4) is 0 Å². The summed E-state index contributed by atoms with van der Waals surface area (Å²) in [5, 5.41) is 2.27. The monoisotopic (exact) mass is 662 g/mol. The fraction of sp³-hybridized carbons (Fsp3) is 0.0204. The first-order chi connectivity index (χ1) is 25.8. The van der Waals surface area contributed by atoms with Crippen LogP contribution in [0.25, 0.3) is 79.1 Å². The molecule has 1 spiro atoms. The largest absolute Gasteiger partial charge is 0.455 e. The minimum atomic E-state index is -0.621. The maximum absolute atomic E-state index is 6.76. The Morgan fingerprint density at radius 3 is 1.83 bits per heavy atom. The Balaban J connectivity index is 1.23. The minimum Gasteiger partial charge on any atom is -0.455 e. The van der Waals surface area contributed by atoms with E-state index in [4.69, 9.17) is 14.4 Å². The minimum absolute atomic E-state index is 0.621. The van der Waals surface area contributed by atoms with Crippen LogP contribution >= 0.6 is 0 Å². The van der Waals surface area contributed by atoms with E-state index in [9.17, 15) is 0 Å². The van der Waals surface area contributed by atoms with Gasteiger partial charge in [0.25, 0.3) is 0 Å². The van der Waals surface area contributed by atoms with Crippen LogP contribution < -0.4 is 0 Å². The summed E-state index contributed by atoms with van der Waals surface area (Å²) in [6.45, 7) is 0. The number of rotatable bonds is 3. The van der Waals surface area contributed by atoms with Gasteiger partial charge in [-0.1, -0.05) is 164 Å². The van der Waals surface area contributed by atoms with Crippen molar-refractivity contribution in [2.75, 3.05) is 0 Å². The SMILES string of the molecule is C1=Cc2ccc(-c3nc(-c4ccccc4)cc(-c4ccccc4)n3)cc2C2(c3ccccc31)c1ccccc1-c1c2ccc2c1oc1ccccc12. The lowest BCUT2D eigenvalue weighted by atomic mass is 9.65. The van der Waals surface area contributed by atoms with Crippen molar-refractivity contribution in [2.45, 2.75) is 5.41 Å². The third kappa shape index (κ3) is 4.08. The molecule has 1 atom stereocenters. The Morgan fingerprint density at radius 2 is 1.06 bits per heavy atom. The molecule has 0 amide bonds. The molecule has 9 aromatic rings. The number of hydrogen-bond donors (Lipinski definition) is 0. The van der Waals surface area contributed by atoms with Crippen LogP contribution in [0, 0.1) is 0 Å². The summed E-state index contributed by atoms with van der Waals surface area (Å²) in [5.74, 6) is 0.693. The molecule has 0 aliphatic heterocycles. The molecule has 2 heterocycles. The van der Waals surface area contributed by atoms with Gasteiger partial charge in [0, 0.05) is 33.0 Å². The predicted octanol–water partition coefficient (Wildman–Crippen LogP) is 12.2. The molecule has 1 unspecified atom stereocenters. The Kier molecular flexibility index (Phi) is 6.17. The molecule has 0 fully saturated rings. The van der Waals surface area contributed by atoms with E-state index in [0.717, 1.165) is 61.1 Å². The molecular formula is C49H30N2O. The second kappa shape index (κ2) is 11.1. The van der Waals surface area contributed by atoms with Gasteiger partial charge in [-0.25, -0.2) is 9.97 Å². The number of fused-ring (bicyclic) bond motifs is 13. The molecule has 3 nitrogen and oxygen atoms in total. The zero-order valence-electron chi connectivity index (χ0n) is 28.1. The van der Waals surface area contributed by atoms with E-state index >= 15 is 0 Å². The van der Waals surface area contributed by atoms with Gasteiger partial charge < -0.3 is 4.42 Å². The maximum atomic E-state index is 6.76. The number of aromatic nitrogens is 2. The number of para-hydroxylation sites is 1. The molecule has 52 heavy (non-hydrogen) atoms. The number of benzene rings is 7. The number of furan rings is 1. The Hall–Kier alpha value is -6.84. The van der Waals surface area contributed by atoms with Crippen molar-refractivity contribution in [2.24, 2.45) is 0 Å². The number of hydrogen-bond acceptors (Lipinski definition) is 3. The van der Waals surface area contributed by atoms with Gasteiger partial charge >= 0.3 is 0 Å². The fourth-order valence-electron chi connectivity index (χ4n) is 8.69. The van der Waals surface area contributed by atoms with Crippen molar-refractivity contribution in [1.29, 1.82) is 0 Å². The van der Waals surface area contributed by atoms with Crippen LogP contribution in [0.4, 0.5) is 0 Å². The maximum Gasteiger partial charge on any atom is 0.160 e. The third-order valence-corrected chi connectivity index (χ3v) is 10.9. The molecule has 0 saturated heterocycles. The summed E-state index contributed by atoms with van der Waals surface area (Å²) in [6, 6.07) is 60.3. The lowest BCUT2D eigenvalue weighted by Gasteiger charge is -2.35. The molecule has 2 aliphatic rings. The smallest absolute Gasteiger partial charge is 0.160 e. The molecule has 242 valence electrons. The van der Waals surface area contributed by atoms with Crippen molar-refractivity contribution in [1.82, 2.24) is 9.97 Å². The first-order valence-electron chi connectivity index (χ1n) is 17.7. The van der Waals surface area contributed by atoms with Gasteiger partial charge in [0.15, 0.2) is 5.82 Å². The predicted molar refractivity (Wildman–Crippen MR) is 212 cm³/mol. The summed E-state index contributed by atoms with van der Waals surface area (Å²) >= 11 is 0. The van der Waals surface area contributed by atoms with Crippen molar-refractivity contribution in [3.05, 3.63) is 203 Å². The van der Waals surface area contributed by atoms with Crippen molar-refractivity contribution in [3.63, 3.8) is 0 Å². The van der Waals surface area contributed by atoms with Gasteiger partial charge in [-0.3, -0.25) is 0 Å². The highest BCUT2D eigenvalue weighted by molar-refractivity contribution is 6.12. The Morgan fingerprint density at radius 1 is 0.423 bits per heavy atom. The van der Waals surface area contributed by atoms with Crippen LogP contribution in [-0.2, 0) is 5.41 Å². The van der Waals surface area contributed by atoms with Crippen LogP contribution in [0.5, 0.6) is 0 Å². The van der Waals surface area contributed by atoms with Gasteiger partial charge in [0.1, 0.15) is 11.2 Å². The van der Waals surface area contributed by atoms with E-state index < -0.39 is 5.41 Å². The van der Waals surface area contributed by atoms with Crippen LogP contribution in [0.1, 0.15) is 33.4 Å². The van der Waals surface area contributed by atoms with Crippen molar-refractivity contribution < 1.29 is 4.42 Å². The zero-order valence-corrected chi connectivity index (χ0v) is 28.1. The van der Waals surface area contributed by atoms with E-state index in [2.05, 4.69) is 164 Å². The molecule has 0 saturated carbocycles. The fourth-order valence-corrected chi connectivity index (χ4v) is 8.69. The molecule has 0 N–H and O–H groups in total. The average molecular weight is 663 g/mol. The highest BCUT2D eigenvalue weighted by Crippen LogP contribution is 2.60. The van der Waals surface area contributed by atoms with Crippen LogP contribution in [-0.4, -0.2) is 9.97 Å². The quantitative estimate of drug-likeness (QED) is 0.189. The molecule has 0 radical (unpaired) electrons. The zero-order chi connectivity index (χ0) is 34.2. The summed E-state index contributed by atoms with van der Waals surface area (Å²) < 4.78 is 6.76. The van der Waals surface area contributed by atoms with E-state index in [1.165, 1.54) is 33.4 Å². The van der Waals surface area contributed by atoms with E-state index in [0.29, 0.717) is 5.82 Å². The van der Waals surface area contributed by atoms with E-state index in [-0.39, 0.29) is 0 Å². The third-order valence-electron chi connectivity index (χ3n) is 10.9. The molecule has 2 aliphatic carbocycles. The van der Waals surface area contributed by atoms with Gasteiger partial charge in [0.05, 0.1) is 16.8 Å². The van der Waals surface area contributed by atoms with Crippen LogP contribution in [0.2, 0.25) is 0 Å². The Labute approximate surface area is 301 Å². The molecule has 11 rings (SSSR count). The molecule has 0 bridgehead atoms. The first-order valence-corrected chi connectivity index (χ1v) is 17.7. The molecule has 2 aromatic heterocycles. The summed E-state index contributed by atoms with van der Waals surface area (Å²) in [6.07, 6.45) is 4.53. The highest BCUT2D eigenvalue weighted by atomic mass is 16.3. The van der Waals surface area contributed by atoms with Crippen molar-refractivity contribution >= 4 is 34.1 Å². The lowest BCUT2D eigenvalue weighted by molar-refractivity contribution is 0.669. The molecule has 7 aromatic carbocycles. The Bertz CT molecular complexity index is 2850. The summed E-state index contributed by atoms with van der Waals surface area (Å²) in [4.78, 5) is 10.5. The first kappa shape index (κ1) is 28.9. The summed E-state index contributed by atoms with van der Waals surface area (Å²) in [5.41, 5.74) is 15.7. The number of nitrogens with zero attached hydrogens (tertiary/aromatic N) is 2. The second-order valence-electron chi connectivity index (χ2n) is 13.7. The van der Waals surface area contributed by atoms with Gasteiger partial charge in [-0.15, -0.1) is 0 Å². The highest BCUT2D eigenvalue weighted by Gasteiger charge is 2.49. The molecular weight excluding hydrogens is 633 g/mol. The van der Waals surface area contributed by atoms with Crippen LogP contribution in [0.15, 0.2) is 174 Å².